The molecule has 180 valence electrons. The van der Waals surface area contributed by atoms with E-state index in [0.29, 0.717) is 4.90 Å². The molecule has 4 rings (SSSR count). The number of piperidine rings is 1. The van der Waals surface area contributed by atoms with Gasteiger partial charge in [-0.05, 0) is 24.3 Å². The monoisotopic (exact) mass is 483 g/mol. The standard InChI is InChI=1S/C22H18F5N3O4/c1-29(20(32)33)17-10-14-8-13(9-15(18(14)34-17)22(25,26)27)16-3-2-12(11-28-16)19(31)30-6-4-21(23,24)5-7-30/h2-3,8-11H,4-7H2,1H3,(H,32,33). The van der Waals surface area contributed by atoms with Crippen LogP contribution in [0.1, 0.15) is 28.8 Å². The van der Waals surface area contributed by atoms with Gasteiger partial charge in [0.2, 0.25) is 5.88 Å². The Kier molecular flexibility index (Phi) is 5.70. The summed E-state index contributed by atoms with van der Waals surface area (Å²) in [5.41, 5.74) is -1.31. The third-order valence-corrected chi connectivity index (χ3v) is 5.61. The maximum atomic E-state index is 13.7. The number of likely N-dealkylation sites (tertiary alicyclic amines) is 1. The fourth-order valence-electron chi connectivity index (χ4n) is 3.67. The number of halogens is 5. The van der Waals surface area contributed by atoms with Gasteiger partial charge in [0.15, 0.2) is 0 Å². The topological polar surface area (TPSA) is 86.9 Å². The van der Waals surface area contributed by atoms with Gasteiger partial charge in [-0.2, -0.15) is 13.2 Å². The molecule has 0 radical (unpaired) electrons. The number of pyridine rings is 1. The normalized spacial score (nSPS) is 16.0. The van der Waals surface area contributed by atoms with Crippen LogP contribution in [0.2, 0.25) is 0 Å². The van der Waals surface area contributed by atoms with Crippen LogP contribution in [-0.2, 0) is 6.18 Å². The average Bonchev–Trinajstić information content (AvgIpc) is 3.20. The predicted octanol–water partition coefficient (Wildman–Crippen LogP) is 5.50. The summed E-state index contributed by atoms with van der Waals surface area (Å²) >= 11 is 0. The Morgan fingerprint density at radius 2 is 1.82 bits per heavy atom. The molecule has 1 fully saturated rings. The van der Waals surface area contributed by atoms with Gasteiger partial charge in [-0.15, -0.1) is 0 Å². The zero-order valence-corrected chi connectivity index (χ0v) is 17.7. The number of hydrogen-bond donors (Lipinski definition) is 1. The average molecular weight is 483 g/mol. The van der Waals surface area contributed by atoms with Crippen LogP contribution in [0.5, 0.6) is 0 Å². The van der Waals surface area contributed by atoms with E-state index in [4.69, 9.17) is 9.52 Å². The molecule has 34 heavy (non-hydrogen) atoms. The van der Waals surface area contributed by atoms with E-state index in [1.165, 1.54) is 35.4 Å². The minimum atomic E-state index is -4.79. The van der Waals surface area contributed by atoms with Gasteiger partial charge in [-0.3, -0.25) is 14.7 Å². The van der Waals surface area contributed by atoms with E-state index in [9.17, 15) is 31.5 Å². The van der Waals surface area contributed by atoms with Gasteiger partial charge in [0, 0.05) is 56.2 Å². The predicted molar refractivity (Wildman–Crippen MR) is 111 cm³/mol. The first-order chi connectivity index (χ1) is 15.9. The highest BCUT2D eigenvalue weighted by Crippen LogP contribution is 2.40. The molecule has 7 nitrogen and oxygen atoms in total. The third-order valence-electron chi connectivity index (χ3n) is 5.61. The number of aromatic nitrogens is 1. The summed E-state index contributed by atoms with van der Waals surface area (Å²) in [6, 6.07) is 6.09. The number of rotatable bonds is 3. The Balaban J connectivity index is 1.67. The number of hydrogen-bond acceptors (Lipinski definition) is 4. The van der Waals surface area contributed by atoms with E-state index in [1.807, 2.05) is 0 Å². The summed E-state index contributed by atoms with van der Waals surface area (Å²) in [5.74, 6) is -3.58. The van der Waals surface area contributed by atoms with Crippen LogP contribution in [0.4, 0.5) is 32.6 Å². The summed E-state index contributed by atoms with van der Waals surface area (Å²) < 4.78 is 72.9. The second-order valence-corrected chi connectivity index (χ2v) is 7.95. The number of nitrogens with zero attached hydrogens (tertiary/aromatic N) is 3. The highest BCUT2D eigenvalue weighted by atomic mass is 19.4. The molecule has 2 aromatic heterocycles. The highest BCUT2D eigenvalue weighted by Gasteiger charge is 2.37. The molecule has 1 aromatic carbocycles. The molecule has 12 heteroatoms. The molecule has 1 aliphatic heterocycles. The molecule has 1 aliphatic rings. The first kappa shape index (κ1) is 23.5. The van der Waals surface area contributed by atoms with Gasteiger partial charge >= 0.3 is 12.3 Å². The molecule has 3 aromatic rings. The molecule has 1 N–H and O–H groups in total. The maximum Gasteiger partial charge on any atom is 0.420 e. The molecule has 0 aliphatic carbocycles. The number of alkyl halides is 5. The number of carboxylic acid groups (broad SMARTS) is 1. The lowest BCUT2D eigenvalue weighted by atomic mass is 10.0. The molecular weight excluding hydrogens is 465 g/mol. The highest BCUT2D eigenvalue weighted by molar-refractivity contribution is 5.95. The smallest absolute Gasteiger partial charge is 0.420 e. The van der Waals surface area contributed by atoms with Gasteiger partial charge < -0.3 is 14.4 Å². The minimum absolute atomic E-state index is 0.0177. The van der Waals surface area contributed by atoms with E-state index < -0.39 is 48.1 Å². The Hall–Kier alpha value is -3.70. The summed E-state index contributed by atoms with van der Waals surface area (Å²) in [4.78, 5) is 29.7. The first-order valence-electron chi connectivity index (χ1n) is 10.1. The van der Waals surface area contributed by atoms with Crippen molar-refractivity contribution in [3.8, 4) is 11.3 Å². The zero-order chi connectivity index (χ0) is 24.8. The van der Waals surface area contributed by atoms with Crippen molar-refractivity contribution in [3.05, 3.63) is 47.7 Å². The Labute approximate surface area is 189 Å². The molecule has 3 heterocycles. The number of carbonyl (C=O) groups is 2. The summed E-state index contributed by atoms with van der Waals surface area (Å²) in [6.07, 6.45) is -5.90. The van der Waals surface area contributed by atoms with Gasteiger partial charge in [0.1, 0.15) is 5.58 Å². The van der Waals surface area contributed by atoms with Crippen molar-refractivity contribution >= 4 is 28.9 Å². The van der Waals surface area contributed by atoms with Crippen molar-refractivity contribution in [2.75, 3.05) is 25.0 Å². The lowest BCUT2D eigenvalue weighted by molar-refractivity contribution is -0.136. The molecule has 0 atom stereocenters. The number of carbonyl (C=O) groups excluding carboxylic acids is 1. The van der Waals surface area contributed by atoms with Gasteiger partial charge in [0.05, 0.1) is 16.8 Å². The van der Waals surface area contributed by atoms with Gasteiger partial charge in [-0.25, -0.2) is 13.6 Å². The minimum Gasteiger partial charge on any atom is -0.465 e. The number of benzene rings is 1. The first-order valence-corrected chi connectivity index (χ1v) is 10.1. The lowest BCUT2D eigenvalue weighted by Crippen LogP contribution is -2.42. The summed E-state index contributed by atoms with van der Waals surface area (Å²) in [5, 5.41) is 9.10. The van der Waals surface area contributed by atoms with Crippen LogP contribution < -0.4 is 4.90 Å². The summed E-state index contributed by atoms with van der Waals surface area (Å²) in [7, 11) is 1.13. The van der Waals surface area contributed by atoms with Gasteiger partial charge in [0.25, 0.3) is 11.8 Å². The largest absolute Gasteiger partial charge is 0.465 e. The van der Waals surface area contributed by atoms with Gasteiger partial charge in [-0.1, -0.05) is 0 Å². The van der Waals surface area contributed by atoms with E-state index >= 15 is 0 Å². The second kappa shape index (κ2) is 8.26. The van der Waals surface area contributed by atoms with E-state index in [2.05, 4.69) is 4.98 Å². The Morgan fingerprint density at radius 3 is 2.38 bits per heavy atom. The van der Waals surface area contributed by atoms with Crippen molar-refractivity contribution in [2.24, 2.45) is 0 Å². The molecule has 0 bridgehead atoms. The Bertz CT molecular complexity index is 1240. The number of anilines is 1. The number of fused-ring (bicyclic) bond motifs is 1. The molecule has 0 spiro atoms. The van der Waals surface area contributed by atoms with Crippen LogP contribution in [0, 0.1) is 0 Å². The summed E-state index contributed by atoms with van der Waals surface area (Å²) in [6.45, 7) is -0.209. The van der Waals surface area contributed by atoms with E-state index in [0.717, 1.165) is 13.1 Å². The fourth-order valence-corrected chi connectivity index (χ4v) is 3.67. The number of furan rings is 1. The molecule has 2 amide bonds. The third kappa shape index (κ3) is 4.52. The van der Waals surface area contributed by atoms with E-state index in [-0.39, 0.29) is 41.2 Å². The lowest BCUT2D eigenvalue weighted by Gasteiger charge is -2.31. The molecule has 0 unspecified atom stereocenters. The van der Waals surface area contributed by atoms with Crippen LogP contribution in [-0.4, -0.2) is 53.1 Å². The van der Waals surface area contributed by atoms with Crippen LogP contribution >= 0.6 is 0 Å². The van der Waals surface area contributed by atoms with Crippen molar-refractivity contribution < 1.29 is 41.1 Å². The second-order valence-electron chi connectivity index (χ2n) is 7.95. The van der Waals surface area contributed by atoms with Crippen LogP contribution in [0.15, 0.2) is 40.9 Å². The molecule has 1 saturated heterocycles. The van der Waals surface area contributed by atoms with E-state index in [1.54, 1.807) is 0 Å². The van der Waals surface area contributed by atoms with Crippen molar-refractivity contribution in [1.82, 2.24) is 9.88 Å². The van der Waals surface area contributed by atoms with Crippen molar-refractivity contribution in [3.63, 3.8) is 0 Å². The zero-order valence-electron chi connectivity index (χ0n) is 17.7. The molecule has 0 saturated carbocycles. The Morgan fingerprint density at radius 1 is 1.15 bits per heavy atom. The number of amides is 2. The fraction of sp³-hybridized carbons (Fsp3) is 0.318. The quantitative estimate of drug-likeness (QED) is 0.498. The van der Waals surface area contributed by atoms with Crippen molar-refractivity contribution in [2.45, 2.75) is 24.9 Å². The SMILES string of the molecule is CN(C(=O)O)c1cc2cc(-c3ccc(C(=O)N4CCC(F)(F)CC4)cn3)cc(C(F)(F)F)c2o1. The van der Waals surface area contributed by atoms with Crippen LogP contribution in [0.3, 0.4) is 0 Å². The maximum absolute atomic E-state index is 13.7. The van der Waals surface area contributed by atoms with Crippen molar-refractivity contribution in [1.29, 1.82) is 0 Å². The van der Waals surface area contributed by atoms with Crippen LogP contribution in [0.25, 0.3) is 22.2 Å². The molecular formula is C22H18F5N3O4.